The molecule has 3 atom stereocenters. The van der Waals surface area contributed by atoms with Gasteiger partial charge in [-0.15, -0.1) is 0 Å². The van der Waals surface area contributed by atoms with Crippen molar-refractivity contribution >= 4 is 12.0 Å². The number of ether oxygens (including phenoxy) is 2. The highest BCUT2D eigenvalue weighted by atomic mass is 16.6. The van der Waals surface area contributed by atoms with Gasteiger partial charge in [0.05, 0.1) is 25.8 Å². The van der Waals surface area contributed by atoms with E-state index in [1.807, 2.05) is 29.2 Å². The molecule has 0 bridgehead atoms. The monoisotopic (exact) mass is 390 g/mol. The Balaban J connectivity index is 1.77. The Labute approximate surface area is 166 Å². The van der Waals surface area contributed by atoms with Crippen molar-refractivity contribution in [3.05, 3.63) is 29.8 Å². The van der Waals surface area contributed by atoms with Crippen molar-refractivity contribution < 1.29 is 24.2 Å². The quantitative estimate of drug-likeness (QED) is 0.858. The second-order valence-electron chi connectivity index (χ2n) is 8.50. The number of methoxy groups -OCH3 is 1. The van der Waals surface area contributed by atoms with Gasteiger partial charge in [0.15, 0.2) is 0 Å². The van der Waals surface area contributed by atoms with Crippen LogP contribution in [0.2, 0.25) is 0 Å². The molecule has 1 aromatic rings. The molecule has 2 amide bonds. The fourth-order valence-corrected chi connectivity index (χ4v) is 3.96. The van der Waals surface area contributed by atoms with Gasteiger partial charge in [-0.2, -0.15) is 0 Å². The lowest BCUT2D eigenvalue weighted by Gasteiger charge is -2.32. The summed E-state index contributed by atoms with van der Waals surface area (Å²) in [5.74, 6) is 0.648. The predicted molar refractivity (Wildman–Crippen MR) is 104 cm³/mol. The normalized spacial score (nSPS) is 25.1. The first-order valence-electron chi connectivity index (χ1n) is 9.81. The molecule has 2 fully saturated rings. The van der Waals surface area contributed by atoms with Crippen LogP contribution in [0.3, 0.4) is 0 Å². The molecule has 7 heteroatoms. The van der Waals surface area contributed by atoms with E-state index < -0.39 is 23.8 Å². The molecular formula is C21H30N2O5. The van der Waals surface area contributed by atoms with E-state index in [1.54, 1.807) is 27.9 Å². The Kier molecular flexibility index (Phi) is 5.84. The number of likely N-dealkylation sites (tertiary alicyclic amines) is 2. The number of carbonyl (C=O) groups excluding carboxylic acids is 2. The first-order valence-corrected chi connectivity index (χ1v) is 9.81. The number of hydrogen-bond donors (Lipinski definition) is 1. The Hall–Kier alpha value is -2.28. The summed E-state index contributed by atoms with van der Waals surface area (Å²) in [5.41, 5.74) is 0.395. The van der Waals surface area contributed by atoms with Crippen LogP contribution in [0.1, 0.15) is 51.6 Å². The van der Waals surface area contributed by atoms with Crippen molar-refractivity contribution in [3.8, 4) is 5.75 Å². The number of nitrogens with zero attached hydrogens (tertiary/aromatic N) is 2. The van der Waals surface area contributed by atoms with Crippen molar-refractivity contribution in [2.24, 2.45) is 0 Å². The van der Waals surface area contributed by atoms with Gasteiger partial charge in [-0.3, -0.25) is 9.69 Å². The highest BCUT2D eigenvalue weighted by Crippen LogP contribution is 2.35. The molecule has 2 aliphatic rings. The molecule has 0 radical (unpaired) electrons. The number of β-amino-alcohol motifs (C(OH)–C–C–N with tert-alkyl or cyclic N) is 1. The maximum atomic E-state index is 13.3. The number of aliphatic hydroxyl groups is 1. The highest BCUT2D eigenvalue weighted by Gasteiger charge is 2.44. The first kappa shape index (κ1) is 20.5. The summed E-state index contributed by atoms with van der Waals surface area (Å²) < 4.78 is 10.7. The zero-order chi connectivity index (χ0) is 20.5. The minimum Gasteiger partial charge on any atom is -0.497 e. The van der Waals surface area contributed by atoms with E-state index in [2.05, 4.69) is 0 Å². The van der Waals surface area contributed by atoms with E-state index in [9.17, 15) is 14.7 Å². The van der Waals surface area contributed by atoms with Crippen molar-refractivity contribution in [2.75, 3.05) is 20.2 Å². The summed E-state index contributed by atoms with van der Waals surface area (Å²) in [7, 11) is 1.62. The van der Waals surface area contributed by atoms with Gasteiger partial charge in [0.25, 0.3) is 0 Å². The summed E-state index contributed by atoms with van der Waals surface area (Å²) in [6.45, 7) is 6.12. The molecule has 0 aliphatic carbocycles. The summed E-state index contributed by atoms with van der Waals surface area (Å²) in [4.78, 5) is 29.1. The number of hydrogen-bond acceptors (Lipinski definition) is 5. The topological polar surface area (TPSA) is 79.3 Å². The van der Waals surface area contributed by atoms with Gasteiger partial charge < -0.3 is 19.5 Å². The summed E-state index contributed by atoms with van der Waals surface area (Å²) in [6.07, 6.45) is 0.750. The molecule has 7 nitrogen and oxygen atoms in total. The summed E-state index contributed by atoms with van der Waals surface area (Å²) >= 11 is 0. The van der Waals surface area contributed by atoms with Crippen molar-refractivity contribution in [2.45, 2.75) is 63.8 Å². The van der Waals surface area contributed by atoms with E-state index >= 15 is 0 Å². The van der Waals surface area contributed by atoms with Gasteiger partial charge in [-0.1, -0.05) is 12.1 Å². The lowest BCUT2D eigenvalue weighted by Crippen LogP contribution is -2.48. The molecule has 0 aromatic heterocycles. The Bertz CT molecular complexity index is 713. The van der Waals surface area contributed by atoms with Crippen LogP contribution in [-0.4, -0.2) is 64.9 Å². The summed E-state index contributed by atoms with van der Waals surface area (Å²) in [6, 6.07) is 7.01. The van der Waals surface area contributed by atoms with Crippen molar-refractivity contribution in [1.29, 1.82) is 0 Å². The smallest absolute Gasteiger partial charge is 0.411 e. The van der Waals surface area contributed by atoms with Crippen LogP contribution in [0.4, 0.5) is 4.79 Å². The van der Waals surface area contributed by atoms with E-state index in [4.69, 9.17) is 9.47 Å². The Morgan fingerprint density at radius 3 is 2.43 bits per heavy atom. The number of rotatable bonds is 3. The van der Waals surface area contributed by atoms with Gasteiger partial charge in [0.2, 0.25) is 5.91 Å². The zero-order valence-electron chi connectivity index (χ0n) is 17.1. The molecule has 1 aromatic carbocycles. The lowest BCUT2D eigenvalue weighted by molar-refractivity contribution is -0.137. The van der Waals surface area contributed by atoms with E-state index in [0.717, 1.165) is 24.2 Å². The fourth-order valence-electron chi connectivity index (χ4n) is 3.96. The first-order chi connectivity index (χ1) is 13.2. The summed E-state index contributed by atoms with van der Waals surface area (Å²) in [5, 5.41) is 10.1. The minimum atomic E-state index is -0.719. The maximum Gasteiger partial charge on any atom is 0.411 e. The van der Waals surface area contributed by atoms with Gasteiger partial charge in [-0.05, 0) is 51.3 Å². The van der Waals surface area contributed by atoms with E-state index in [-0.39, 0.29) is 24.9 Å². The molecule has 0 saturated carbocycles. The average Bonchev–Trinajstić information content (AvgIpc) is 3.26. The molecular weight excluding hydrogens is 360 g/mol. The zero-order valence-corrected chi connectivity index (χ0v) is 17.1. The van der Waals surface area contributed by atoms with Gasteiger partial charge in [-0.25, -0.2) is 4.79 Å². The predicted octanol–water partition coefficient (Wildman–Crippen LogP) is 2.73. The third kappa shape index (κ3) is 4.41. The molecule has 2 aliphatic heterocycles. The van der Waals surface area contributed by atoms with E-state index in [1.165, 1.54) is 4.90 Å². The van der Waals surface area contributed by atoms with Crippen LogP contribution in [0.15, 0.2) is 24.3 Å². The second kappa shape index (κ2) is 7.99. The van der Waals surface area contributed by atoms with Crippen molar-refractivity contribution in [3.63, 3.8) is 0 Å². The number of aliphatic hydroxyl groups excluding tert-OH is 1. The number of benzene rings is 1. The Morgan fingerprint density at radius 1 is 1.14 bits per heavy atom. The van der Waals surface area contributed by atoms with Gasteiger partial charge in [0.1, 0.15) is 17.4 Å². The lowest BCUT2D eigenvalue weighted by atomic mass is 10.0. The standard InChI is InChI=1S/C21H30N2O5/c1-21(2,3)28-20(26)23-13-15(24)12-18(23)19(25)22-11-5-6-17(22)14-7-9-16(27-4)10-8-14/h7-10,15,17-18,24H,5-6,11-13H2,1-4H3/t15-,17?,18-/m0/s1. The molecule has 1 N–H and O–H groups in total. The van der Waals surface area contributed by atoms with Crippen LogP contribution < -0.4 is 4.74 Å². The highest BCUT2D eigenvalue weighted by molar-refractivity contribution is 5.87. The minimum absolute atomic E-state index is 0.0309. The molecule has 1 unspecified atom stereocenters. The van der Waals surface area contributed by atoms with E-state index in [0.29, 0.717) is 6.54 Å². The molecule has 28 heavy (non-hydrogen) atoms. The van der Waals surface area contributed by atoms with Crippen LogP contribution >= 0.6 is 0 Å². The third-order valence-corrected chi connectivity index (χ3v) is 5.23. The molecule has 3 rings (SSSR count). The molecule has 0 spiro atoms. The largest absolute Gasteiger partial charge is 0.497 e. The van der Waals surface area contributed by atoms with Crippen LogP contribution in [0, 0.1) is 0 Å². The second-order valence-corrected chi connectivity index (χ2v) is 8.50. The molecule has 2 saturated heterocycles. The van der Waals surface area contributed by atoms with Crippen LogP contribution in [-0.2, 0) is 9.53 Å². The van der Waals surface area contributed by atoms with Crippen molar-refractivity contribution in [1.82, 2.24) is 9.80 Å². The third-order valence-electron chi connectivity index (χ3n) is 5.23. The van der Waals surface area contributed by atoms with Crippen LogP contribution in [0.25, 0.3) is 0 Å². The van der Waals surface area contributed by atoms with Gasteiger partial charge in [0, 0.05) is 13.0 Å². The maximum absolute atomic E-state index is 13.3. The molecule has 2 heterocycles. The van der Waals surface area contributed by atoms with Gasteiger partial charge >= 0.3 is 6.09 Å². The van der Waals surface area contributed by atoms with Crippen LogP contribution in [0.5, 0.6) is 5.75 Å². The number of carbonyl (C=O) groups is 2. The molecule has 154 valence electrons. The fraction of sp³-hybridized carbons (Fsp3) is 0.619. The number of amides is 2. The Morgan fingerprint density at radius 2 is 1.82 bits per heavy atom. The SMILES string of the molecule is COc1ccc(C2CCCN2C(=O)[C@@H]2C[C@H](O)CN2C(=O)OC(C)(C)C)cc1. The average molecular weight is 390 g/mol.